The van der Waals surface area contributed by atoms with E-state index < -0.39 is 0 Å². The van der Waals surface area contributed by atoms with Crippen LogP contribution in [0, 0.1) is 0 Å². The summed E-state index contributed by atoms with van der Waals surface area (Å²) >= 11 is 12.6. The summed E-state index contributed by atoms with van der Waals surface area (Å²) in [7, 11) is 0. The van der Waals surface area contributed by atoms with Crippen LogP contribution in [0.25, 0.3) is 10.9 Å². The average Bonchev–Trinajstić information content (AvgIpc) is 2.89. The Labute approximate surface area is 136 Å². The van der Waals surface area contributed by atoms with Gasteiger partial charge in [0.15, 0.2) is 0 Å². The number of anilines is 1. The van der Waals surface area contributed by atoms with Crippen molar-refractivity contribution < 1.29 is 0 Å². The van der Waals surface area contributed by atoms with Crippen LogP contribution in [0.4, 0.5) is 5.82 Å². The van der Waals surface area contributed by atoms with Crippen molar-refractivity contribution in [3.63, 3.8) is 0 Å². The first kappa shape index (κ1) is 14.3. The van der Waals surface area contributed by atoms with Gasteiger partial charge in [0.2, 0.25) is 0 Å². The molecule has 6 heteroatoms. The molecule has 0 aliphatic carbocycles. The van der Waals surface area contributed by atoms with Crippen LogP contribution in [-0.4, -0.2) is 9.97 Å². The van der Waals surface area contributed by atoms with E-state index in [0.717, 1.165) is 31.5 Å². The molecule has 0 saturated heterocycles. The lowest BCUT2D eigenvalue weighted by molar-refractivity contribution is 1.15. The zero-order valence-electron chi connectivity index (χ0n) is 11.0. The lowest BCUT2D eigenvalue weighted by Gasteiger charge is -2.09. The van der Waals surface area contributed by atoms with Gasteiger partial charge in [0, 0.05) is 15.8 Å². The molecule has 3 aromatic rings. The summed E-state index contributed by atoms with van der Waals surface area (Å²) in [4.78, 5) is 6.10. The molecule has 0 atom stereocenters. The third kappa shape index (κ3) is 3.15. The van der Waals surface area contributed by atoms with E-state index in [4.69, 9.17) is 29.6 Å². The quantitative estimate of drug-likeness (QED) is 0.703. The maximum atomic E-state index is 5.93. The van der Waals surface area contributed by atoms with Gasteiger partial charge in [-0.2, -0.15) is 0 Å². The van der Waals surface area contributed by atoms with Crippen molar-refractivity contribution >= 4 is 56.9 Å². The molecule has 0 bridgehead atoms. The molecule has 0 saturated carbocycles. The molecule has 0 amide bonds. The average molecular weight is 334 g/mol. The fraction of sp³-hybridized carbons (Fsp3) is 0.0667. The van der Waals surface area contributed by atoms with Crippen molar-refractivity contribution in [1.82, 2.24) is 4.98 Å². The van der Waals surface area contributed by atoms with Crippen molar-refractivity contribution in [3.05, 3.63) is 57.2 Å². The molecular weight excluding hydrogens is 322 g/mol. The summed E-state index contributed by atoms with van der Waals surface area (Å²) in [6.45, 7) is 0.666. The normalized spacial score (nSPS) is 10.7. The second kappa shape index (κ2) is 5.97. The molecule has 21 heavy (non-hydrogen) atoms. The van der Waals surface area contributed by atoms with Crippen LogP contribution in [0.2, 0.25) is 4.34 Å². The second-order valence-corrected chi connectivity index (χ2v) is 6.74. The number of aromatic nitrogens is 1. The van der Waals surface area contributed by atoms with Crippen LogP contribution in [0.5, 0.6) is 0 Å². The molecule has 0 spiro atoms. The highest BCUT2D eigenvalue weighted by Crippen LogP contribution is 2.24. The molecule has 3 N–H and O–H groups in total. The van der Waals surface area contributed by atoms with Crippen molar-refractivity contribution in [1.29, 1.82) is 0 Å². The first-order valence-corrected chi connectivity index (χ1v) is 7.91. The smallest absolute Gasteiger partial charge is 0.127 e. The fourth-order valence-electron chi connectivity index (χ4n) is 2.09. The number of hydrogen-bond acceptors (Lipinski definition) is 4. The Morgan fingerprint density at radius 1 is 1.29 bits per heavy atom. The van der Waals surface area contributed by atoms with E-state index in [2.05, 4.69) is 10.3 Å². The van der Waals surface area contributed by atoms with Gasteiger partial charge in [-0.1, -0.05) is 42.0 Å². The van der Waals surface area contributed by atoms with Gasteiger partial charge in [-0.15, -0.1) is 11.3 Å². The molecule has 2 heterocycles. The molecular formula is C15H12ClN3S2. The largest absolute Gasteiger partial charge is 0.389 e. The number of pyridine rings is 1. The van der Waals surface area contributed by atoms with E-state index in [1.54, 1.807) is 11.3 Å². The number of para-hydroxylation sites is 1. The number of nitrogens with two attached hydrogens (primary N) is 1. The Kier molecular flexibility index (Phi) is 4.05. The maximum Gasteiger partial charge on any atom is 0.127 e. The van der Waals surface area contributed by atoms with Gasteiger partial charge in [-0.05, 0) is 24.3 Å². The molecule has 2 aromatic heterocycles. The molecule has 0 fully saturated rings. The number of nitrogens with zero attached hydrogens (tertiary/aromatic N) is 1. The first-order valence-electron chi connectivity index (χ1n) is 6.31. The predicted molar refractivity (Wildman–Crippen MR) is 94.3 cm³/mol. The zero-order valence-corrected chi connectivity index (χ0v) is 13.4. The minimum atomic E-state index is 0.371. The number of thiocarbonyl (C=S) groups is 1. The number of benzene rings is 1. The van der Waals surface area contributed by atoms with Gasteiger partial charge in [-0.25, -0.2) is 4.98 Å². The SMILES string of the molecule is NC(=S)c1cc(NCc2ccc(Cl)s2)nc2ccccc12. The van der Waals surface area contributed by atoms with E-state index >= 15 is 0 Å². The minimum Gasteiger partial charge on any atom is -0.389 e. The summed E-state index contributed by atoms with van der Waals surface area (Å²) in [6, 6.07) is 13.6. The minimum absolute atomic E-state index is 0.371. The van der Waals surface area contributed by atoms with Gasteiger partial charge < -0.3 is 11.1 Å². The van der Waals surface area contributed by atoms with Crippen molar-refractivity contribution in [3.8, 4) is 0 Å². The highest BCUT2D eigenvalue weighted by Gasteiger charge is 2.08. The molecule has 0 aliphatic heterocycles. The monoisotopic (exact) mass is 333 g/mol. The summed E-state index contributed by atoms with van der Waals surface area (Å²) in [6.07, 6.45) is 0. The lowest BCUT2D eigenvalue weighted by atomic mass is 10.1. The summed E-state index contributed by atoms with van der Waals surface area (Å²) < 4.78 is 0.780. The van der Waals surface area contributed by atoms with Crippen LogP contribution < -0.4 is 11.1 Å². The van der Waals surface area contributed by atoms with E-state index in [1.807, 2.05) is 42.5 Å². The van der Waals surface area contributed by atoms with Crippen molar-refractivity contribution in [2.45, 2.75) is 6.54 Å². The molecule has 3 rings (SSSR count). The Balaban J connectivity index is 1.93. The molecule has 106 valence electrons. The van der Waals surface area contributed by atoms with Crippen molar-refractivity contribution in [2.24, 2.45) is 5.73 Å². The van der Waals surface area contributed by atoms with E-state index in [0.29, 0.717) is 11.5 Å². The number of halogens is 1. The molecule has 3 nitrogen and oxygen atoms in total. The summed E-state index contributed by atoms with van der Waals surface area (Å²) in [5.41, 5.74) is 7.53. The third-order valence-corrected chi connectivity index (χ3v) is 4.51. The lowest BCUT2D eigenvalue weighted by Crippen LogP contribution is -2.11. The van der Waals surface area contributed by atoms with E-state index in [9.17, 15) is 0 Å². The van der Waals surface area contributed by atoms with Gasteiger partial charge in [0.1, 0.15) is 10.8 Å². The number of fused-ring (bicyclic) bond motifs is 1. The van der Waals surface area contributed by atoms with Crippen LogP contribution in [-0.2, 0) is 6.54 Å². The Morgan fingerprint density at radius 2 is 2.10 bits per heavy atom. The number of rotatable bonds is 4. The number of hydrogen-bond donors (Lipinski definition) is 2. The molecule has 0 aliphatic rings. The highest BCUT2D eigenvalue weighted by molar-refractivity contribution is 7.80. The van der Waals surface area contributed by atoms with Crippen molar-refractivity contribution in [2.75, 3.05) is 5.32 Å². The van der Waals surface area contributed by atoms with Crippen LogP contribution in [0.3, 0.4) is 0 Å². The topological polar surface area (TPSA) is 50.9 Å². The van der Waals surface area contributed by atoms with E-state index in [1.165, 1.54) is 0 Å². The number of nitrogens with one attached hydrogen (secondary N) is 1. The molecule has 1 aromatic carbocycles. The third-order valence-electron chi connectivity index (χ3n) is 3.05. The van der Waals surface area contributed by atoms with Gasteiger partial charge >= 0.3 is 0 Å². The Hall–Kier alpha value is -1.69. The Bertz CT molecular complexity index is 814. The second-order valence-electron chi connectivity index (χ2n) is 4.50. The van der Waals surface area contributed by atoms with Gasteiger partial charge in [-0.3, -0.25) is 0 Å². The van der Waals surface area contributed by atoms with E-state index in [-0.39, 0.29) is 0 Å². The molecule has 0 unspecified atom stereocenters. The predicted octanol–water partition coefficient (Wildman–Crippen LogP) is 4.20. The van der Waals surface area contributed by atoms with Gasteiger partial charge in [0.25, 0.3) is 0 Å². The first-order chi connectivity index (χ1) is 10.1. The zero-order chi connectivity index (χ0) is 14.8. The van der Waals surface area contributed by atoms with Gasteiger partial charge in [0.05, 0.1) is 16.4 Å². The number of thiophene rings is 1. The van der Waals surface area contributed by atoms with Crippen LogP contribution in [0.15, 0.2) is 42.5 Å². The Morgan fingerprint density at radius 3 is 2.81 bits per heavy atom. The highest BCUT2D eigenvalue weighted by atomic mass is 35.5. The van der Waals surface area contributed by atoms with Crippen LogP contribution in [0.1, 0.15) is 10.4 Å². The standard InChI is InChI=1S/C15H12ClN3S2/c16-13-6-5-9(21-13)8-18-14-7-11(15(17)20)10-3-1-2-4-12(10)19-14/h1-7H,8H2,(H2,17,20)(H,18,19). The fourth-order valence-corrected chi connectivity index (χ4v) is 3.29. The molecule has 0 radical (unpaired) electrons. The summed E-state index contributed by atoms with van der Waals surface area (Å²) in [5.74, 6) is 0.751. The van der Waals surface area contributed by atoms with Crippen LogP contribution >= 0.6 is 35.2 Å². The summed E-state index contributed by atoms with van der Waals surface area (Å²) in [5, 5.41) is 4.25. The maximum absolute atomic E-state index is 5.93.